The van der Waals surface area contributed by atoms with Crippen LogP contribution in [-0.4, -0.2) is 38.7 Å². The molecule has 0 saturated heterocycles. The number of fused-ring (bicyclic) bond motifs is 1. The number of carbonyl (C=O) groups excluding carboxylic acids is 1. The van der Waals surface area contributed by atoms with Gasteiger partial charge in [0.1, 0.15) is 24.6 Å². The van der Waals surface area contributed by atoms with Crippen molar-refractivity contribution in [1.82, 2.24) is 5.32 Å². The molecule has 116 valence electrons. The Hall–Kier alpha value is -0.430. The Bertz CT molecular complexity index is 549. The molecule has 0 aliphatic carbocycles. The van der Waals surface area contributed by atoms with E-state index >= 15 is 0 Å². The van der Waals surface area contributed by atoms with E-state index < -0.39 is 27.9 Å². The lowest BCUT2D eigenvalue weighted by atomic mass is 9.98. The highest BCUT2D eigenvalue weighted by atomic mass is 35.6. The minimum absolute atomic E-state index is 0.143. The summed E-state index contributed by atoms with van der Waals surface area (Å²) in [6.07, 6.45) is -2.57. The molecule has 1 amide bonds. The third-order valence-corrected chi connectivity index (χ3v) is 3.75. The van der Waals surface area contributed by atoms with Crippen LogP contribution in [0.3, 0.4) is 0 Å². The van der Waals surface area contributed by atoms with Gasteiger partial charge in [0.05, 0.1) is 6.04 Å². The van der Waals surface area contributed by atoms with Crippen LogP contribution < -0.4 is 10.1 Å². The molecule has 1 aromatic carbocycles. The average molecular weight is 375 g/mol. The minimum atomic E-state index is -2.20. The van der Waals surface area contributed by atoms with E-state index in [0.29, 0.717) is 16.3 Å². The summed E-state index contributed by atoms with van der Waals surface area (Å²) in [7, 11) is 0. The summed E-state index contributed by atoms with van der Waals surface area (Å²) in [6, 6.07) is 3.62. The average Bonchev–Trinajstić information content (AvgIpc) is 2.50. The van der Waals surface area contributed by atoms with E-state index in [1.807, 2.05) is 0 Å². The second kappa shape index (κ2) is 6.36. The van der Waals surface area contributed by atoms with Crippen LogP contribution in [0.25, 0.3) is 0 Å². The Morgan fingerprint density at radius 1 is 1.33 bits per heavy atom. The molecule has 5 nitrogen and oxygen atoms in total. The maximum absolute atomic E-state index is 11.8. The van der Waals surface area contributed by atoms with E-state index in [4.69, 9.17) is 51.1 Å². The first-order valence-electron chi connectivity index (χ1n) is 5.86. The number of hydrogen-bond donors (Lipinski definition) is 3. The Balaban J connectivity index is 2.40. The summed E-state index contributed by atoms with van der Waals surface area (Å²) in [6.45, 7) is -0.143. The number of hydrogen-bond acceptors (Lipinski definition) is 4. The van der Waals surface area contributed by atoms with Crippen LogP contribution in [0.5, 0.6) is 5.75 Å². The molecule has 0 saturated carbocycles. The highest BCUT2D eigenvalue weighted by Gasteiger charge is 2.39. The van der Waals surface area contributed by atoms with Gasteiger partial charge in [-0.15, -0.1) is 0 Å². The highest BCUT2D eigenvalue weighted by molar-refractivity contribution is 6.76. The van der Waals surface area contributed by atoms with Crippen molar-refractivity contribution in [3.05, 3.63) is 28.8 Å². The van der Waals surface area contributed by atoms with Crippen molar-refractivity contribution in [1.29, 1.82) is 0 Å². The Morgan fingerprint density at radius 2 is 2.00 bits per heavy atom. The van der Waals surface area contributed by atoms with Crippen LogP contribution in [0.1, 0.15) is 11.6 Å². The van der Waals surface area contributed by atoms with Gasteiger partial charge in [-0.05, 0) is 18.2 Å². The molecule has 0 spiro atoms. The first-order valence-corrected chi connectivity index (χ1v) is 7.37. The smallest absolute Gasteiger partial charge is 0.272 e. The van der Waals surface area contributed by atoms with Crippen molar-refractivity contribution >= 4 is 52.3 Å². The predicted molar refractivity (Wildman–Crippen MR) is 80.1 cm³/mol. The first kappa shape index (κ1) is 16.9. The number of halogens is 4. The van der Waals surface area contributed by atoms with Crippen LogP contribution in [0, 0.1) is 0 Å². The molecular weight excluding hydrogens is 364 g/mol. The SMILES string of the molecule is O=C(N[C@H]1c2cc(Cl)ccc2OC[C@H](O)[C@H]1O)C(Cl)(Cl)Cl. The molecule has 2 rings (SSSR count). The molecule has 0 fully saturated rings. The monoisotopic (exact) mass is 373 g/mol. The molecular formula is C12H11Cl4NO4. The quantitative estimate of drug-likeness (QED) is 0.657. The molecule has 1 aliphatic heterocycles. The van der Waals surface area contributed by atoms with Crippen molar-refractivity contribution in [2.75, 3.05) is 6.61 Å². The summed E-state index contributed by atoms with van der Waals surface area (Å²) >= 11 is 22.4. The molecule has 0 aromatic heterocycles. The summed E-state index contributed by atoms with van der Waals surface area (Å²) < 4.78 is 3.17. The van der Waals surface area contributed by atoms with Gasteiger partial charge >= 0.3 is 0 Å². The number of alkyl halides is 3. The molecule has 21 heavy (non-hydrogen) atoms. The van der Waals surface area contributed by atoms with Gasteiger partial charge in [0.25, 0.3) is 9.70 Å². The van der Waals surface area contributed by atoms with Crippen LogP contribution in [-0.2, 0) is 4.79 Å². The molecule has 0 bridgehead atoms. The summed E-state index contributed by atoms with van der Waals surface area (Å²) in [4.78, 5) is 11.8. The number of rotatable bonds is 1. The number of carbonyl (C=O) groups is 1. The van der Waals surface area contributed by atoms with Crippen LogP contribution in [0.2, 0.25) is 5.02 Å². The lowest BCUT2D eigenvalue weighted by Gasteiger charge is -2.26. The van der Waals surface area contributed by atoms with E-state index in [9.17, 15) is 15.0 Å². The van der Waals surface area contributed by atoms with Crippen molar-refractivity contribution in [2.45, 2.75) is 22.0 Å². The largest absolute Gasteiger partial charge is 0.490 e. The summed E-state index contributed by atoms with van der Waals surface area (Å²) in [5.74, 6) is -0.568. The predicted octanol–water partition coefficient (Wildman–Crippen LogP) is 1.98. The molecule has 3 atom stereocenters. The highest BCUT2D eigenvalue weighted by Crippen LogP contribution is 2.35. The normalized spacial score (nSPS) is 25.5. The van der Waals surface area contributed by atoms with Crippen molar-refractivity contribution in [2.24, 2.45) is 0 Å². The van der Waals surface area contributed by atoms with Crippen molar-refractivity contribution < 1.29 is 19.7 Å². The van der Waals surface area contributed by atoms with Gasteiger partial charge in [-0.3, -0.25) is 4.79 Å². The first-order chi connectivity index (χ1) is 9.70. The number of aliphatic hydroxyl groups is 2. The second-order valence-electron chi connectivity index (χ2n) is 4.50. The van der Waals surface area contributed by atoms with Gasteiger partial charge in [0.15, 0.2) is 0 Å². The van der Waals surface area contributed by atoms with Crippen molar-refractivity contribution in [3.63, 3.8) is 0 Å². The second-order valence-corrected chi connectivity index (χ2v) is 7.22. The third kappa shape index (κ3) is 3.86. The zero-order chi connectivity index (χ0) is 15.8. The zero-order valence-electron chi connectivity index (χ0n) is 10.4. The molecule has 1 heterocycles. The summed E-state index contributed by atoms with van der Waals surface area (Å²) in [5.41, 5.74) is 0.383. The maximum Gasteiger partial charge on any atom is 0.272 e. The van der Waals surface area contributed by atoms with Gasteiger partial charge in [-0.2, -0.15) is 0 Å². The molecule has 1 aliphatic rings. The van der Waals surface area contributed by atoms with Crippen LogP contribution in [0.15, 0.2) is 18.2 Å². The van der Waals surface area contributed by atoms with Gasteiger partial charge in [0.2, 0.25) is 0 Å². The maximum atomic E-state index is 11.8. The molecule has 1 aromatic rings. The topological polar surface area (TPSA) is 78.8 Å². The number of ether oxygens (including phenoxy) is 1. The third-order valence-electron chi connectivity index (χ3n) is 3.00. The van der Waals surface area contributed by atoms with E-state index in [1.165, 1.54) is 6.07 Å². The summed E-state index contributed by atoms with van der Waals surface area (Å²) in [5, 5.41) is 22.7. The van der Waals surface area contributed by atoms with Gasteiger partial charge < -0.3 is 20.3 Å². The fourth-order valence-corrected chi connectivity index (χ4v) is 2.30. The van der Waals surface area contributed by atoms with Gasteiger partial charge in [-0.25, -0.2) is 0 Å². The van der Waals surface area contributed by atoms with Crippen LogP contribution >= 0.6 is 46.4 Å². The Morgan fingerprint density at radius 3 is 2.62 bits per heavy atom. The van der Waals surface area contributed by atoms with E-state index in [-0.39, 0.29) is 6.61 Å². The zero-order valence-corrected chi connectivity index (χ0v) is 13.4. The van der Waals surface area contributed by atoms with Gasteiger partial charge in [0, 0.05) is 10.6 Å². The molecule has 0 radical (unpaired) electrons. The number of benzene rings is 1. The van der Waals surface area contributed by atoms with E-state index in [0.717, 1.165) is 0 Å². The number of aliphatic hydroxyl groups excluding tert-OH is 2. The van der Waals surface area contributed by atoms with Gasteiger partial charge in [-0.1, -0.05) is 46.4 Å². The van der Waals surface area contributed by atoms with E-state index in [1.54, 1.807) is 12.1 Å². The minimum Gasteiger partial charge on any atom is -0.490 e. The lowest BCUT2D eigenvalue weighted by Crippen LogP contribution is -2.46. The molecule has 3 N–H and O–H groups in total. The standard InChI is InChI=1S/C12H11Cl4NO4/c13-5-1-2-8-6(3-5)9(10(19)7(18)4-21-8)17-11(20)12(14,15)16/h1-3,7,9-10,18-19H,4H2,(H,17,20)/t7-,9-,10+/m0/s1. The van der Waals surface area contributed by atoms with Crippen molar-refractivity contribution in [3.8, 4) is 5.75 Å². The number of amides is 1. The van der Waals surface area contributed by atoms with Crippen LogP contribution in [0.4, 0.5) is 0 Å². The number of nitrogens with one attached hydrogen (secondary N) is 1. The Kier molecular flexibility index (Phi) is 5.13. The molecule has 9 heteroatoms. The Labute approximate surface area is 140 Å². The van der Waals surface area contributed by atoms with E-state index in [2.05, 4.69) is 5.32 Å². The fourth-order valence-electron chi connectivity index (χ4n) is 1.96. The molecule has 0 unspecified atom stereocenters. The fraction of sp³-hybridized carbons (Fsp3) is 0.417. The lowest BCUT2D eigenvalue weighted by molar-refractivity contribution is -0.122.